The maximum absolute atomic E-state index is 12.9. The molecule has 0 spiro atoms. The van der Waals surface area contributed by atoms with E-state index in [0.717, 1.165) is 21.8 Å². The third-order valence-corrected chi connectivity index (χ3v) is 5.41. The van der Waals surface area contributed by atoms with Gasteiger partial charge in [0, 0.05) is 27.4 Å². The van der Waals surface area contributed by atoms with Crippen molar-refractivity contribution in [2.45, 2.75) is 11.3 Å². The smallest absolute Gasteiger partial charge is 0.236 e. The number of thioether (sulfide) groups is 1. The number of nitrogens with zero attached hydrogens (tertiary/aromatic N) is 1. The highest BCUT2D eigenvalue weighted by molar-refractivity contribution is 8.00. The number of nitrogens with one attached hydrogen (secondary N) is 1. The Morgan fingerprint density at radius 2 is 2.04 bits per heavy atom. The average Bonchev–Trinajstić information content (AvgIpc) is 3.01. The largest absolute Gasteiger partial charge is 0.301 e. The minimum Gasteiger partial charge on any atom is -0.301 e. The van der Waals surface area contributed by atoms with Crippen LogP contribution in [0.2, 0.25) is 5.02 Å². The third kappa shape index (κ3) is 5.56. The Balaban J connectivity index is 1.52. The zero-order valence-corrected chi connectivity index (χ0v) is 15.4. The number of hydrogen-bond acceptors (Lipinski definition) is 4. The molecule has 0 atom stereocenters. The number of aromatic nitrogens is 1. The summed E-state index contributed by atoms with van der Waals surface area (Å²) in [6.45, 7) is 0. The summed E-state index contributed by atoms with van der Waals surface area (Å²) >= 11 is 8.78. The van der Waals surface area contributed by atoms with Crippen LogP contribution in [0, 0.1) is 5.82 Å². The zero-order valence-electron chi connectivity index (χ0n) is 13.0. The van der Waals surface area contributed by atoms with Crippen molar-refractivity contribution in [1.29, 1.82) is 0 Å². The predicted molar refractivity (Wildman–Crippen MR) is 102 cm³/mol. The molecule has 1 aromatic heterocycles. The lowest BCUT2D eigenvalue weighted by Crippen LogP contribution is -2.13. The molecule has 0 saturated carbocycles. The van der Waals surface area contributed by atoms with Gasteiger partial charge >= 0.3 is 0 Å². The standard InChI is InChI=1S/C18H14ClFN2OS2/c19-13-3-1-2-12(8-13)9-16-10-21-18(25-16)22-17(23)11-24-15-6-4-14(20)5-7-15/h1-8,10H,9,11H2,(H,21,22,23). The first kappa shape index (κ1) is 17.9. The summed E-state index contributed by atoms with van der Waals surface area (Å²) in [5.41, 5.74) is 1.10. The van der Waals surface area contributed by atoms with Gasteiger partial charge in [0.15, 0.2) is 5.13 Å². The van der Waals surface area contributed by atoms with Gasteiger partial charge in [-0.05, 0) is 42.0 Å². The number of halogens is 2. The van der Waals surface area contributed by atoms with Crippen molar-refractivity contribution in [1.82, 2.24) is 4.98 Å². The average molecular weight is 393 g/mol. The monoisotopic (exact) mass is 392 g/mol. The number of thiazole rings is 1. The number of rotatable bonds is 6. The second-order valence-corrected chi connectivity index (χ2v) is 7.83. The number of anilines is 1. The molecule has 0 saturated heterocycles. The molecular formula is C18H14ClFN2OS2. The summed E-state index contributed by atoms with van der Waals surface area (Å²) in [5.74, 6) is -0.184. The Labute approximate surface area is 158 Å². The minimum absolute atomic E-state index is 0.141. The predicted octanol–water partition coefficient (Wildman–Crippen LogP) is 5.26. The lowest BCUT2D eigenvalue weighted by Gasteiger charge is -2.02. The Morgan fingerprint density at radius 3 is 2.80 bits per heavy atom. The molecule has 1 amide bonds. The van der Waals surface area contributed by atoms with Crippen LogP contribution in [0.3, 0.4) is 0 Å². The van der Waals surface area contributed by atoms with Gasteiger partial charge in [0.25, 0.3) is 0 Å². The van der Waals surface area contributed by atoms with E-state index in [1.54, 1.807) is 18.3 Å². The number of benzene rings is 2. The summed E-state index contributed by atoms with van der Waals surface area (Å²) in [5, 5.41) is 4.06. The first-order chi connectivity index (χ1) is 12.1. The molecule has 1 N–H and O–H groups in total. The van der Waals surface area contributed by atoms with Gasteiger partial charge in [-0.15, -0.1) is 23.1 Å². The number of carbonyl (C=O) groups is 1. The van der Waals surface area contributed by atoms with Crippen LogP contribution in [0.1, 0.15) is 10.4 Å². The molecule has 3 nitrogen and oxygen atoms in total. The van der Waals surface area contributed by atoms with Crippen molar-refractivity contribution < 1.29 is 9.18 Å². The van der Waals surface area contributed by atoms with Crippen LogP contribution in [0.15, 0.2) is 59.6 Å². The highest BCUT2D eigenvalue weighted by Crippen LogP contribution is 2.23. The quantitative estimate of drug-likeness (QED) is 0.582. The van der Waals surface area contributed by atoms with E-state index in [9.17, 15) is 9.18 Å². The Bertz CT molecular complexity index is 868. The molecule has 3 rings (SSSR count). The number of amides is 1. The zero-order chi connectivity index (χ0) is 17.6. The van der Waals surface area contributed by atoms with E-state index in [-0.39, 0.29) is 17.5 Å². The highest BCUT2D eigenvalue weighted by Gasteiger charge is 2.08. The molecule has 0 aliphatic rings. The van der Waals surface area contributed by atoms with Crippen molar-refractivity contribution in [3.63, 3.8) is 0 Å². The molecule has 0 aliphatic heterocycles. The van der Waals surface area contributed by atoms with Crippen LogP contribution in [-0.2, 0) is 11.2 Å². The van der Waals surface area contributed by atoms with Crippen LogP contribution in [0.5, 0.6) is 0 Å². The van der Waals surface area contributed by atoms with Gasteiger partial charge in [0.1, 0.15) is 5.82 Å². The van der Waals surface area contributed by atoms with Gasteiger partial charge in [0.2, 0.25) is 5.91 Å². The van der Waals surface area contributed by atoms with Crippen LogP contribution in [-0.4, -0.2) is 16.6 Å². The molecule has 7 heteroatoms. The van der Waals surface area contributed by atoms with Crippen molar-refractivity contribution in [3.8, 4) is 0 Å². The topological polar surface area (TPSA) is 42.0 Å². The lowest BCUT2D eigenvalue weighted by atomic mass is 10.1. The van der Waals surface area contributed by atoms with Gasteiger partial charge in [0.05, 0.1) is 5.75 Å². The fraction of sp³-hybridized carbons (Fsp3) is 0.111. The van der Waals surface area contributed by atoms with Crippen LogP contribution >= 0.6 is 34.7 Å². The molecule has 0 aliphatic carbocycles. The molecular weight excluding hydrogens is 379 g/mol. The normalized spacial score (nSPS) is 10.6. The molecule has 1 heterocycles. The molecule has 0 fully saturated rings. The first-order valence-corrected chi connectivity index (χ1v) is 9.64. The van der Waals surface area contributed by atoms with Crippen molar-refractivity contribution in [2.24, 2.45) is 0 Å². The Kier molecular flexibility index (Phi) is 6.07. The second-order valence-electron chi connectivity index (χ2n) is 5.23. The van der Waals surface area contributed by atoms with E-state index in [1.165, 1.54) is 35.2 Å². The fourth-order valence-corrected chi connectivity index (χ4v) is 3.90. The third-order valence-electron chi connectivity index (χ3n) is 3.25. The molecule has 0 bridgehead atoms. The SMILES string of the molecule is O=C(CSc1ccc(F)cc1)Nc1ncc(Cc2cccc(Cl)c2)s1. The van der Waals surface area contributed by atoms with Crippen LogP contribution in [0.25, 0.3) is 0 Å². The van der Waals surface area contributed by atoms with Crippen LogP contribution < -0.4 is 5.32 Å². The van der Waals surface area contributed by atoms with Gasteiger partial charge < -0.3 is 5.32 Å². The number of hydrogen-bond donors (Lipinski definition) is 1. The maximum Gasteiger partial charge on any atom is 0.236 e. The van der Waals surface area contributed by atoms with E-state index in [0.29, 0.717) is 10.2 Å². The second kappa shape index (κ2) is 8.47. The lowest BCUT2D eigenvalue weighted by molar-refractivity contribution is -0.113. The van der Waals surface area contributed by atoms with E-state index in [1.807, 2.05) is 24.3 Å². The van der Waals surface area contributed by atoms with Crippen molar-refractivity contribution in [3.05, 3.63) is 76.0 Å². The van der Waals surface area contributed by atoms with E-state index in [2.05, 4.69) is 10.3 Å². The summed E-state index contributed by atoms with van der Waals surface area (Å²) in [6, 6.07) is 13.7. The fourth-order valence-electron chi connectivity index (χ4n) is 2.13. The minimum atomic E-state index is -0.288. The summed E-state index contributed by atoms with van der Waals surface area (Å²) in [4.78, 5) is 18.1. The van der Waals surface area contributed by atoms with Crippen LogP contribution in [0.4, 0.5) is 9.52 Å². The molecule has 2 aromatic carbocycles. The van der Waals surface area contributed by atoms with Crippen molar-refractivity contribution in [2.75, 3.05) is 11.1 Å². The van der Waals surface area contributed by atoms with Gasteiger partial charge in [-0.3, -0.25) is 4.79 Å². The molecule has 25 heavy (non-hydrogen) atoms. The first-order valence-electron chi connectivity index (χ1n) is 7.46. The molecule has 128 valence electrons. The molecule has 3 aromatic rings. The van der Waals surface area contributed by atoms with E-state index < -0.39 is 0 Å². The maximum atomic E-state index is 12.9. The van der Waals surface area contributed by atoms with Gasteiger partial charge in [-0.2, -0.15) is 0 Å². The van der Waals surface area contributed by atoms with Crippen molar-refractivity contribution >= 4 is 45.7 Å². The van der Waals surface area contributed by atoms with E-state index in [4.69, 9.17) is 11.6 Å². The molecule has 0 radical (unpaired) electrons. The molecule has 0 unspecified atom stereocenters. The summed E-state index contributed by atoms with van der Waals surface area (Å²) in [6.07, 6.45) is 2.48. The Morgan fingerprint density at radius 1 is 1.24 bits per heavy atom. The summed E-state index contributed by atoms with van der Waals surface area (Å²) in [7, 11) is 0. The highest BCUT2D eigenvalue weighted by atomic mass is 35.5. The summed E-state index contributed by atoms with van der Waals surface area (Å²) < 4.78 is 12.9. The van der Waals surface area contributed by atoms with Gasteiger partial charge in [-0.25, -0.2) is 9.37 Å². The number of carbonyl (C=O) groups excluding carboxylic acids is 1. The van der Waals surface area contributed by atoms with E-state index >= 15 is 0 Å². The van der Waals surface area contributed by atoms with Gasteiger partial charge in [-0.1, -0.05) is 23.7 Å². The Hall–Kier alpha value is -1.89.